The Hall–Kier alpha value is -1.94. The van der Waals surface area contributed by atoms with Gasteiger partial charge >= 0.3 is 0 Å². The van der Waals surface area contributed by atoms with Crippen LogP contribution in [0.4, 0.5) is 5.82 Å². The molecule has 2 aromatic heterocycles. The molecule has 0 aliphatic heterocycles. The van der Waals surface area contributed by atoms with Crippen LogP contribution in [0.15, 0.2) is 36.7 Å². The standard InChI is InChI=1S/C17H19N3S/c1-4-14(13-8-6-5-7-9-13)20-16-15-11(2)12(3)21-17(15)19-10-18-16/h5-10,14H,4H2,1-3H3,(H,18,19,20). The highest BCUT2D eigenvalue weighted by atomic mass is 32.1. The third kappa shape index (κ3) is 2.63. The van der Waals surface area contributed by atoms with Crippen LogP contribution in [0, 0.1) is 13.8 Å². The number of benzene rings is 1. The molecular weight excluding hydrogens is 278 g/mol. The SMILES string of the molecule is CCC(Nc1ncnc2sc(C)c(C)c12)c1ccccc1. The van der Waals surface area contributed by atoms with Crippen molar-refractivity contribution in [1.29, 1.82) is 0 Å². The van der Waals surface area contributed by atoms with Crippen LogP contribution in [0.2, 0.25) is 0 Å². The zero-order valence-electron chi connectivity index (χ0n) is 12.6. The number of nitrogens with zero attached hydrogens (tertiary/aromatic N) is 2. The molecule has 0 amide bonds. The van der Waals surface area contributed by atoms with Gasteiger partial charge in [-0.2, -0.15) is 0 Å². The minimum absolute atomic E-state index is 0.268. The predicted octanol–water partition coefficient (Wildman–Crippen LogP) is 4.87. The maximum atomic E-state index is 4.48. The van der Waals surface area contributed by atoms with E-state index in [9.17, 15) is 0 Å². The molecule has 3 rings (SSSR count). The van der Waals surface area contributed by atoms with E-state index in [4.69, 9.17) is 0 Å². The van der Waals surface area contributed by atoms with E-state index in [2.05, 4.69) is 60.3 Å². The van der Waals surface area contributed by atoms with Crippen LogP contribution < -0.4 is 5.32 Å². The monoisotopic (exact) mass is 297 g/mol. The summed E-state index contributed by atoms with van der Waals surface area (Å²) in [5.74, 6) is 0.942. The Bertz CT molecular complexity index is 749. The molecular formula is C17H19N3S. The van der Waals surface area contributed by atoms with Crippen molar-refractivity contribution in [2.24, 2.45) is 0 Å². The minimum Gasteiger partial charge on any atom is -0.363 e. The van der Waals surface area contributed by atoms with Crippen LogP contribution in [0.1, 0.15) is 35.4 Å². The third-order valence-electron chi connectivity index (χ3n) is 3.89. The zero-order chi connectivity index (χ0) is 14.8. The summed E-state index contributed by atoms with van der Waals surface area (Å²) in [4.78, 5) is 11.2. The van der Waals surface area contributed by atoms with E-state index in [1.54, 1.807) is 17.7 Å². The lowest BCUT2D eigenvalue weighted by atomic mass is 10.0. The summed E-state index contributed by atoms with van der Waals surface area (Å²) in [5.41, 5.74) is 2.57. The maximum Gasteiger partial charge on any atom is 0.138 e. The number of anilines is 1. The normalized spacial score (nSPS) is 12.5. The number of hydrogen-bond donors (Lipinski definition) is 1. The van der Waals surface area contributed by atoms with Gasteiger partial charge in [0.2, 0.25) is 0 Å². The van der Waals surface area contributed by atoms with Gasteiger partial charge in [-0.1, -0.05) is 37.3 Å². The Morgan fingerprint density at radius 3 is 2.62 bits per heavy atom. The maximum absolute atomic E-state index is 4.48. The lowest BCUT2D eigenvalue weighted by Crippen LogP contribution is -2.11. The quantitative estimate of drug-likeness (QED) is 0.746. The van der Waals surface area contributed by atoms with Crippen molar-refractivity contribution >= 4 is 27.4 Å². The molecule has 0 aliphatic carbocycles. The van der Waals surface area contributed by atoms with Gasteiger partial charge in [0.25, 0.3) is 0 Å². The summed E-state index contributed by atoms with van der Waals surface area (Å²) in [7, 11) is 0. The fraction of sp³-hybridized carbons (Fsp3) is 0.294. The molecule has 1 N–H and O–H groups in total. The summed E-state index contributed by atoms with van der Waals surface area (Å²) >= 11 is 1.73. The first-order chi connectivity index (χ1) is 10.2. The average molecular weight is 297 g/mol. The number of fused-ring (bicyclic) bond motifs is 1. The fourth-order valence-corrected chi connectivity index (χ4v) is 3.56. The molecule has 108 valence electrons. The van der Waals surface area contributed by atoms with E-state index in [0.29, 0.717) is 0 Å². The first-order valence-electron chi connectivity index (χ1n) is 7.23. The Morgan fingerprint density at radius 2 is 1.90 bits per heavy atom. The average Bonchev–Trinajstić information content (AvgIpc) is 2.81. The summed E-state index contributed by atoms with van der Waals surface area (Å²) in [5, 5.41) is 4.76. The molecule has 0 saturated heterocycles. The first kappa shape index (κ1) is 14.0. The van der Waals surface area contributed by atoms with Gasteiger partial charge in [0, 0.05) is 4.88 Å². The summed E-state index contributed by atoms with van der Waals surface area (Å²) < 4.78 is 0. The van der Waals surface area contributed by atoms with Gasteiger partial charge in [-0.15, -0.1) is 11.3 Å². The molecule has 0 saturated carbocycles. The van der Waals surface area contributed by atoms with Gasteiger partial charge < -0.3 is 5.32 Å². The highest BCUT2D eigenvalue weighted by molar-refractivity contribution is 7.18. The fourth-order valence-electron chi connectivity index (χ4n) is 2.56. The Morgan fingerprint density at radius 1 is 1.14 bits per heavy atom. The van der Waals surface area contributed by atoms with Gasteiger partial charge in [-0.25, -0.2) is 9.97 Å². The molecule has 2 heterocycles. The lowest BCUT2D eigenvalue weighted by molar-refractivity contribution is 0.745. The van der Waals surface area contributed by atoms with Crippen LogP contribution in [-0.2, 0) is 0 Å². The van der Waals surface area contributed by atoms with Crippen molar-refractivity contribution in [2.45, 2.75) is 33.2 Å². The van der Waals surface area contributed by atoms with E-state index >= 15 is 0 Å². The van der Waals surface area contributed by atoms with Gasteiger partial charge in [-0.3, -0.25) is 0 Å². The van der Waals surface area contributed by atoms with Crippen molar-refractivity contribution < 1.29 is 0 Å². The summed E-state index contributed by atoms with van der Waals surface area (Å²) in [6.45, 7) is 6.47. The van der Waals surface area contributed by atoms with E-state index in [1.165, 1.54) is 16.0 Å². The Balaban J connectivity index is 2.01. The largest absolute Gasteiger partial charge is 0.363 e. The molecule has 1 aromatic carbocycles. The summed E-state index contributed by atoms with van der Waals surface area (Å²) in [6.07, 6.45) is 2.66. The minimum atomic E-state index is 0.268. The number of aromatic nitrogens is 2. The molecule has 4 heteroatoms. The highest BCUT2D eigenvalue weighted by Gasteiger charge is 2.15. The number of rotatable bonds is 4. The molecule has 0 radical (unpaired) electrons. The van der Waals surface area contributed by atoms with Crippen LogP contribution in [0.25, 0.3) is 10.2 Å². The van der Waals surface area contributed by atoms with Crippen LogP contribution in [0.5, 0.6) is 0 Å². The Labute approximate surface area is 129 Å². The second-order valence-corrected chi connectivity index (χ2v) is 6.40. The molecule has 3 aromatic rings. The van der Waals surface area contributed by atoms with Gasteiger partial charge in [0.05, 0.1) is 11.4 Å². The second kappa shape index (κ2) is 5.82. The predicted molar refractivity (Wildman–Crippen MR) is 90.0 cm³/mol. The molecule has 1 atom stereocenters. The van der Waals surface area contributed by atoms with Crippen LogP contribution >= 0.6 is 11.3 Å². The molecule has 21 heavy (non-hydrogen) atoms. The highest BCUT2D eigenvalue weighted by Crippen LogP contribution is 2.34. The number of aryl methyl sites for hydroxylation is 2. The zero-order valence-corrected chi connectivity index (χ0v) is 13.4. The number of nitrogens with one attached hydrogen (secondary N) is 1. The topological polar surface area (TPSA) is 37.8 Å². The summed E-state index contributed by atoms with van der Waals surface area (Å²) in [6, 6.07) is 10.8. The van der Waals surface area contributed by atoms with E-state index in [-0.39, 0.29) is 6.04 Å². The lowest BCUT2D eigenvalue weighted by Gasteiger charge is -2.18. The third-order valence-corrected chi connectivity index (χ3v) is 5.00. The van der Waals surface area contributed by atoms with Crippen LogP contribution in [-0.4, -0.2) is 9.97 Å². The van der Waals surface area contributed by atoms with Crippen molar-refractivity contribution in [1.82, 2.24) is 9.97 Å². The smallest absolute Gasteiger partial charge is 0.138 e. The molecule has 0 bridgehead atoms. The first-order valence-corrected chi connectivity index (χ1v) is 8.04. The van der Waals surface area contributed by atoms with Crippen molar-refractivity contribution in [3.05, 3.63) is 52.7 Å². The van der Waals surface area contributed by atoms with E-state index < -0.39 is 0 Å². The number of hydrogen-bond acceptors (Lipinski definition) is 4. The van der Waals surface area contributed by atoms with Crippen molar-refractivity contribution in [3.63, 3.8) is 0 Å². The molecule has 0 spiro atoms. The molecule has 1 unspecified atom stereocenters. The van der Waals surface area contributed by atoms with Gasteiger partial charge in [-0.05, 0) is 31.4 Å². The van der Waals surface area contributed by atoms with Crippen LogP contribution in [0.3, 0.4) is 0 Å². The number of thiophene rings is 1. The van der Waals surface area contributed by atoms with Gasteiger partial charge in [0.1, 0.15) is 17.0 Å². The molecule has 0 aliphatic rings. The van der Waals surface area contributed by atoms with Crippen molar-refractivity contribution in [2.75, 3.05) is 5.32 Å². The van der Waals surface area contributed by atoms with E-state index in [0.717, 1.165) is 22.5 Å². The molecule has 3 nitrogen and oxygen atoms in total. The van der Waals surface area contributed by atoms with Crippen molar-refractivity contribution in [3.8, 4) is 0 Å². The Kier molecular flexibility index (Phi) is 3.88. The second-order valence-electron chi connectivity index (χ2n) is 5.20. The van der Waals surface area contributed by atoms with E-state index in [1.807, 2.05) is 6.07 Å². The van der Waals surface area contributed by atoms with Gasteiger partial charge in [0.15, 0.2) is 0 Å². The molecule has 0 fully saturated rings.